The number of aryl methyl sites for hydroxylation is 1. The second-order valence-electron chi connectivity index (χ2n) is 4.98. The SMILES string of the molecule is Cc1cnc2ccccc2n1.ClCc1cnc2ccccc2n1. The number of rotatable bonds is 1. The fraction of sp³-hybridized carbons (Fsp3) is 0.111. The van der Waals surface area contributed by atoms with Gasteiger partial charge in [0.15, 0.2) is 0 Å². The Kier molecular flexibility index (Phi) is 4.74. The lowest BCUT2D eigenvalue weighted by Gasteiger charge is -1.96. The Labute approximate surface area is 139 Å². The lowest BCUT2D eigenvalue weighted by molar-refractivity contribution is 1.16. The quantitative estimate of drug-likeness (QED) is 0.490. The van der Waals surface area contributed by atoms with E-state index in [0.29, 0.717) is 5.88 Å². The van der Waals surface area contributed by atoms with Crippen LogP contribution in [-0.4, -0.2) is 19.9 Å². The van der Waals surface area contributed by atoms with Crippen LogP contribution in [0.15, 0.2) is 60.9 Å². The normalized spacial score (nSPS) is 10.3. The number of halogens is 1. The Morgan fingerprint density at radius 2 is 1.26 bits per heavy atom. The van der Waals surface area contributed by atoms with Crippen LogP contribution in [0.5, 0.6) is 0 Å². The summed E-state index contributed by atoms with van der Waals surface area (Å²) in [4.78, 5) is 17.0. The number of para-hydroxylation sites is 4. The van der Waals surface area contributed by atoms with Crippen LogP contribution in [0.1, 0.15) is 11.4 Å². The molecular formula is C18H15ClN4. The van der Waals surface area contributed by atoms with Gasteiger partial charge >= 0.3 is 0 Å². The molecule has 4 rings (SSSR count). The molecule has 0 radical (unpaired) electrons. The standard InChI is InChI=1S/C9H7ClN2.C9H8N2/c10-5-7-6-11-8-3-1-2-4-9(8)12-7;1-7-6-10-8-4-2-3-5-9(8)11-7/h1-4,6H,5H2;2-6H,1H3. The predicted octanol–water partition coefficient (Wildman–Crippen LogP) is 4.31. The molecule has 0 atom stereocenters. The zero-order valence-corrected chi connectivity index (χ0v) is 13.4. The van der Waals surface area contributed by atoms with Crippen molar-refractivity contribution in [3.63, 3.8) is 0 Å². The van der Waals surface area contributed by atoms with E-state index in [2.05, 4.69) is 19.9 Å². The van der Waals surface area contributed by atoms with Crippen LogP contribution in [0.25, 0.3) is 22.1 Å². The van der Waals surface area contributed by atoms with Crippen molar-refractivity contribution in [2.45, 2.75) is 12.8 Å². The van der Waals surface area contributed by atoms with E-state index in [1.165, 1.54) is 0 Å². The lowest BCUT2D eigenvalue weighted by Crippen LogP contribution is -1.88. The molecule has 4 aromatic rings. The third-order valence-corrected chi connectivity index (χ3v) is 3.48. The van der Waals surface area contributed by atoms with Gasteiger partial charge in [0.05, 0.1) is 45.5 Å². The molecule has 4 nitrogen and oxygen atoms in total. The van der Waals surface area contributed by atoms with Crippen molar-refractivity contribution in [3.05, 3.63) is 72.3 Å². The molecule has 0 N–H and O–H groups in total. The van der Waals surface area contributed by atoms with Gasteiger partial charge in [-0.15, -0.1) is 11.6 Å². The van der Waals surface area contributed by atoms with Crippen LogP contribution in [0.2, 0.25) is 0 Å². The highest BCUT2D eigenvalue weighted by molar-refractivity contribution is 6.16. The second kappa shape index (κ2) is 7.11. The van der Waals surface area contributed by atoms with Crippen molar-refractivity contribution in [2.75, 3.05) is 0 Å². The fourth-order valence-corrected chi connectivity index (χ4v) is 2.24. The molecule has 0 aliphatic heterocycles. The Morgan fingerprint density at radius 1 is 0.739 bits per heavy atom. The minimum absolute atomic E-state index is 0.415. The Bertz CT molecular complexity index is 940. The van der Waals surface area contributed by atoms with E-state index in [0.717, 1.165) is 33.5 Å². The average molecular weight is 323 g/mol. The zero-order valence-electron chi connectivity index (χ0n) is 12.6. The average Bonchev–Trinajstić information content (AvgIpc) is 2.61. The monoisotopic (exact) mass is 322 g/mol. The van der Waals surface area contributed by atoms with Gasteiger partial charge in [-0.2, -0.15) is 0 Å². The molecule has 0 saturated carbocycles. The van der Waals surface area contributed by atoms with Crippen LogP contribution in [-0.2, 0) is 5.88 Å². The van der Waals surface area contributed by atoms with Gasteiger partial charge in [-0.3, -0.25) is 9.97 Å². The number of alkyl halides is 1. The molecule has 0 amide bonds. The molecule has 5 heteroatoms. The summed E-state index contributed by atoms with van der Waals surface area (Å²) < 4.78 is 0. The van der Waals surface area contributed by atoms with Gasteiger partial charge in [-0.25, -0.2) is 9.97 Å². The largest absolute Gasteiger partial charge is 0.253 e. The first-order chi connectivity index (χ1) is 11.3. The Balaban J connectivity index is 0.000000136. The maximum absolute atomic E-state index is 5.62. The number of hydrogen-bond acceptors (Lipinski definition) is 4. The number of fused-ring (bicyclic) bond motifs is 2. The van der Waals surface area contributed by atoms with Crippen LogP contribution in [0, 0.1) is 6.92 Å². The minimum Gasteiger partial charge on any atom is -0.253 e. The summed E-state index contributed by atoms with van der Waals surface area (Å²) in [5, 5.41) is 0. The van der Waals surface area contributed by atoms with Crippen LogP contribution in [0.4, 0.5) is 0 Å². The topological polar surface area (TPSA) is 51.6 Å². The molecule has 2 aromatic heterocycles. The highest BCUT2D eigenvalue weighted by Gasteiger charge is 1.96. The smallest absolute Gasteiger partial charge is 0.0890 e. The van der Waals surface area contributed by atoms with Crippen LogP contribution in [0.3, 0.4) is 0 Å². The summed E-state index contributed by atoms with van der Waals surface area (Å²) in [5.41, 5.74) is 5.51. The number of hydrogen-bond donors (Lipinski definition) is 0. The highest BCUT2D eigenvalue weighted by Crippen LogP contribution is 2.09. The second-order valence-corrected chi connectivity index (χ2v) is 5.25. The molecule has 114 valence electrons. The van der Waals surface area contributed by atoms with E-state index in [1.807, 2.05) is 55.5 Å². The fourth-order valence-electron chi connectivity index (χ4n) is 2.11. The van der Waals surface area contributed by atoms with Crippen molar-refractivity contribution in [3.8, 4) is 0 Å². The van der Waals surface area contributed by atoms with Gasteiger partial charge in [0.25, 0.3) is 0 Å². The van der Waals surface area contributed by atoms with E-state index in [9.17, 15) is 0 Å². The Hall–Kier alpha value is -2.59. The maximum Gasteiger partial charge on any atom is 0.0890 e. The molecule has 0 spiro atoms. The van der Waals surface area contributed by atoms with Crippen molar-refractivity contribution < 1.29 is 0 Å². The summed E-state index contributed by atoms with van der Waals surface area (Å²) in [6, 6.07) is 15.6. The molecule has 2 heterocycles. The first kappa shape index (κ1) is 15.3. The van der Waals surface area contributed by atoms with E-state index < -0.39 is 0 Å². The summed E-state index contributed by atoms with van der Waals surface area (Å²) in [6.45, 7) is 1.94. The van der Waals surface area contributed by atoms with E-state index >= 15 is 0 Å². The molecule has 0 aliphatic rings. The molecule has 2 aromatic carbocycles. The van der Waals surface area contributed by atoms with Crippen LogP contribution >= 0.6 is 11.6 Å². The van der Waals surface area contributed by atoms with E-state index in [-0.39, 0.29) is 0 Å². The van der Waals surface area contributed by atoms with Gasteiger partial charge < -0.3 is 0 Å². The van der Waals surface area contributed by atoms with Crippen LogP contribution < -0.4 is 0 Å². The van der Waals surface area contributed by atoms with Gasteiger partial charge in [0.1, 0.15) is 0 Å². The highest BCUT2D eigenvalue weighted by atomic mass is 35.5. The van der Waals surface area contributed by atoms with Gasteiger partial charge in [0.2, 0.25) is 0 Å². The van der Waals surface area contributed by atoms with E-state index in [1.54, 1.807) is 12.4 Å². The summed E-state index contributed by atoms with van der Waals surface area (Å²) in [6.07, 6.45) is 3.48. The number of nitrogens with zero attached hydrogens (tertiary/aromatic N) is 4. The van der Waals surface area contributed by atoms with E-state index in [4.69, 9.17) is 11.6 Å². The predicted molar refractivity (Wildman–Crippen MR) is 93.4 cm³/mol. The molecule has 23 heavy (non-hydrogen) atoms. The molecule has 0 aliphatic carbocycles. The summed E-state index contributed by atoms with van der Waals surface area (Å²) >= 11 is 5.62. The minimum atomic E-state index is 0.415. The summed E-state index contributed by atoms with van der Waals surface area (Å²) in [7, 11) is 0. The van der Waals surface area contributed by atoms with Gasteiger partial charge in [0, 0.05) is 6.20 Å². The maximum atomic E-state index is 5.62. The molecule has 0 saturated heterocycles. The first-order valence-electron chi connectivity index (χ1n) is 7.21. The Morgan fingerprint density at radius 3 is 1.87 bits per heavy atom. The van der Waals surface area contributed by atoms with Crippen molar-refractivity contribution in [2.24, 2.45) is 0 Å². The first-order valence-corrected chi connectivity index (χ1v) is 7.75. The molecule has 0 bridgehead atoms. The molecular weight excluding hydrogens is 308 g/mol. The third kappa shape index (κ3) is 3.79. The van der Waals surface area contributed by atoms with Gasteiger partial charge in [-0.1, -0.05) is 24.3 Å². The third-order valence-electron chi connectivity index (χ3n) is 3.20. The lowest BCUT2D eigenvalue weighted by atomic mass is 10.3. The zero-order chi connectivity index (χ0) is 16.1. The molecule has 0 unspecified atom stereocenters. The molecule has 0 fully saturated rings. The number of aromatic nitrogens is 4. The van der Waals surface area contributed by atoms with Crippen molar-refractivity contribution in [1.29, 1.82) is 0 Å². The summed E-state index contributed by atoms with van der Waals surface area (Å²) in [5.74, 6) is 0.415. The van der Waals surface area contributed by atoms with Crippen molar-refractivity contribution in [1.82, 2.24) is 19.9 Å². The van der Waals surface area contributed by atoms with Crippen molar-refractivity contribution >= 4 is 33.7 Å². The number of benzene rings is 2. The van der Waals surface area contributed by atoms with Gasteiger partial charge in [-0.05, 0) is 31.2 Å².